The van der Waals surface area contributed by atoms with Crippen LogP contribution in [0.3, 0.4) is 0 Å². The molecule has 0 aliphatic heterocycles. The number of hydrogen-bond acceptors (Lipinski definition) is 3. The fraction of sp³-hybridized carbons (Fsp3) is 0.125. The van der Waals surface area contributed by atoms with Gasteiger partial charge in [0.25, 0.3) is 5.91 Å². The highest BCUT2D eigenvalue weighted by molar-refractivity contribution is 6.06. The van der Waals surface area contributed by atoms with Crippen molar-refractivity contribution in [3.8, 4) is 28.1 Å². The maximum Gasteiger partial charge on any atom is 0.268 e. The number of fused-ring (bicyclic) bond motifs is 1. The van der Waals surface area contributed by atoms with E-state index >= 15 is 0 Å². The number of carbonyl (C=O) groups excluding carboxylic acids is 2. The summed E-state index contributed by atoms with van der Waals surface area (Å²) in [6.07, 6.45) is 4.18. The van der Waals surface area contributed by atoms with E-state index in [-0.39, 0.29) is 30.6 Å². The number of aromatic hydroxyl groups is 1. The van der Waals surface area contributed by atoms with Crippen molar-refractivity contribution < 1.29 is 14.7 Å². The van der Waals surface area contributed by atoms with Gasteiger partial charge in [-0.15, -0.1) is 6.58 Å². The minimum atomic E-state index is -0.405. The van der Waals surface area contributed by atoms with Crippen molar-refractivity contribution in [1.82, 2.24) is 20.2 Å². The quantitative estimate of drug-likeness (QED) is 0.189. The smallest absolute Gasteiger partial charge is 0.268 e. The summed E-state index contributed by atoms with van der Waals surface area (Å²) < 4.78 is 1.39. The molecule has 7 nitrogen and oxygen atoms in total. The summed E-state index contributed by atoms with van der Waals surface area (Å²) in [5, 5.41) is 18.4. The van der Waals surface area contributed by atoms with Crippen molar-refractivity contribution in [1.29, 1.82) is 0 Å². The molecule has 0 spiro atoms. The molecule has 0 aliphatic rings. The van der Waals surface area contributed by atoms with Crippen LogP contribution in [0.5, 0.6) is 5.88 Å². The van der Waals surface area contributed by atoms with Crippen LogP contribution in [-0.4, -0.2) is 39.6 Å². The molecule has 5 rings (SSSR count). The number of aromatic amines is 1. The molecule has 0 saturated heterocycles. The third kappa shape index (κ3) is 5.33. The number of para-hydroxylation sites is 1. The average Bonchev–Trinajstić information content (AvgIpc) is 3.51. The monoisotopic (exact) mass is 518 g/mol. The van der Waals surface area contributed by atoms with E-state index in [1.54, 1.807) is 6.08 Å². The zero-order valence-electron chi connectivity index (χ0n) is 21.5. The highest BCUT2D eigenvalue weighted by Crippen LogP contribution is 2.43. The highest BCUT2D eigenvalue weighted by atomic mass is 16.3. The van der Waals surface area contributed by atoms with E-state index in [0.29, 0.717) is 24.1 Å². The van der Waals surface area contributed by atoms with Crippen LogP contribution >= 0.6 is 0 Å². The zero-order chi connectivity index (χ0) is 27.2. The first-order chi connectivity index (χ1) is 19.1. The maximum atomic E-state index is 13.5. The Balaban J connectivity index is 1.48. The number of benzene rings is 3. The normalized spacial score (nSPS) is 10.9. The molecule has 2 amide bonds. The van der Waals surface area contributed by atoms with E-state index in [2.05, 4.69) is 22.2 Å². The number of H-pyrrole nitrogens is 1. The van der Waals surface area contributed by atoms with Gasteiger partial charge in [0.1, 0.15) is 12.2 Å². The topological polar surface area (TPSA) is 99.2 Å². The summed E-state index contributed by atoms with van der Waals surface area (Å²) in [6.45, 7) is 4.13. The minimum absolute atomic E-state index is 0.143. The van der Waals surface area contributed by atoms with Gasteiger partial charge in [-0.1, -0.05) is 84.9 Å². The molecule has 0 saturated carbocycles. The van der Waals surface area contributed by atoms with E-state index in [4.69, 9.17) is 0 Å². The summed E-state index contributed by atoms with van der Waals surface area (Å²) in [7, 11) is 0. The number of nitrogens with one attached hydrogen (secondary N) is 3. The molecule has 196 valence electrons. The van der Waals surface area contributed by atoms with Gasteiger partial charge in [0.05, 0.1) is 5.56 Å². The van der Waals surface area contributed by atoms with Crippen LogP contribution in [0.25, 0.3) is 33.2 Å². The standard InChI is InChI=1S/C32H30N4O3/c1-2-18-34-31(38)30-28(22-11-5-3-6-12-22)29(23-13-7-4-8-14-23)32(39)36(30)21-27(37)33-19-17-24-20-35-26-16-10-9-15-25(24)26/h2-16,20,35,39H,1,17-19,21H2,(H,33,37)(H,34,38). The van der Waals surface area contributed by atoms with Crippen LogP contribution in [0.2, 0.25) is 0 Å². The predicted molar refractivity (Wildman–Crippen MR) is 155 cm³/mol. The van der Waals surface area contributed by atoms with E-state index in [0.717, 1.165) is 27.6 Å². The van der Waals surface area contributed by atoms with Crippen LogP contribution in [0.15, 0.2) is 104 Å². The predicted octanol–water partition coefficient (Wildman–Crippen LogP) is 5.28. The molecule has 4 N–H and O–H groups in total. The fourth-order valence-electron chi connectivity index (χ4n) is 4.88. The van der Waals surface area contributed by atoms with Crippen molar-refractivity contribution >= 4 is 22.7 Å². The Morgan fingerprint density at radius 2 is 1.51 bits per heavy atom. The lowest BCUT2D eigenvalue weighted by molar-refractivity contribution is -0.121. The summed E-state index contributed by atoms with van der Waals surface area (Å²) in [5.74, 6) is -0.856. The molecule has 3 aromatic carbocycles. The van der Waals surface area contributed by atoms with Gasteiger partial charge in [-0.05, 0) is 29.2 Å². The third-order valence-corrected chi connectivity index (χ3v) is 6.68. The van der Waals surface area contributed by atoms with Crippen LogP contribution in [0.4, 0.5) is 0 Å². The summed E-state index contributed by atoms with van der Waals surface area (Å²) in [4.78, 5) is 29.9. The van der Waals surface area contributed by atoms with E-state index in [1.165, 1.54) is 4.57 Å². The highest BCUT2D eigenvalue weighted by Gasteiger charge is 2.29. The molecule has 0 aliphatic carbocycles. The Morgan fingerprint density at radius 3 is 2.21 bits per heavy atom. The number of nitrogens with zero attached hydrogens (tertiary/aromatic N) is 1. The number of carbonyl (C=O) groups is 2. The first-order valence-electron chi connectivity index (χ1n) is 12.9. The van der Waals surface area contributed by atoms with Gasteiger partial charge in [0, 0.05) is 35.8 Å². The fourth-order valence-corrected chi connectivity index (χ4v) is 4.88. The molecule has 0 radical (unpaired) electrons. The average molecular weight is 519 g/mol. The molecule has 39 heavy (non-hydrogen) atoms. The molecule has 2 aromatic heterocycles. The number of hydrogen-bond donors (Lipinski definition) is 4. The Bertz CT molecular complexity index is 1620. The maximum absolute atomic E-state index is 13.5. The first-order valence-corrected chi connectivity index (χ1v) is 12.9. The Morgan fingerprint density at radius 1 is 0.872 bits per heavy atom. The van der Waals surface area contributed by atoms with Crippen LogP contribution < -0.4 is 10.6 Å². The molecule has 0 bridgehead atoms. The van der Waals surface area contributed by atoms with Crippen LogP contribution in [0, 0.1) is 0 Å². The lowest BCUT2D eigenvalue weighted by Gasteiger charge is -2.12. The Kier molecular flexibility index (Phi) is 7.59. The number of amides is 2. The Labute approximate surface area is 226 Å². The van der Waals surface area contributed by atoms with Gasteiger partial charge in [0.15, 0.2) is 0 Å². The molecule has 0 fully saturated rings. The van der Waals surface area contributed by atoms with Gasteiger partial charge >= 0.3 is 0 Å². The second-order valence-electron chi connectivity index (χ2n) is 9.20. The van der Waals surface area contributed by atoms with Gasteiger partial charge in [0.2, 0.25) is 11.8 Å². The van der Waals surface area contributed by atoms with Crippen molar-refractivity contribution in [2.75, 3.05) is 13.1 Å². The summed E-state index contributed by atoms with van der Waals surface area (Å²) in [6, 6.07) is 26.8. The lowest BCUT2D eigenvalue weighted by Crippen LogP contribution is -2.32. The first kappa shape index (κ1) is 25.6. The molecule has 0 unspecified atom stereocenters. The van der Waals surface area contributed by atoms with Gasteiger partial charge < -0.3 is 20.7 Å². The van der Waals surface area contributed by atoms with E-state index in [9.17, 15) is 14.7 Å². The molecule has 5 aromatic rings. The van der Waals surface area contributed by atoms with Gasteiger partial charge in [-0.3, -0.25) is 14.2 Å². The summed E-state index contributed by atoms with van der Waals surface area (Å²) in [5.41, 5.74) is 4.93. The molecule has 2 heterocycles. The van der Waals surface area contributed by atoms with Crippen LogP contribution in [0.1, 0.15) is 16.1 Å². The van der Waals surface area contributed by atoms with E-state index in [1.807, 2.05) is 91.1 Å². The lowest BCUT2D eigenvalue weighted by atomic mass is 9.96. The molecular weight excluding hydrogens is 488 g/mol. The second-order valence-corrected chi connectivity index (χ2v) is 9.20. The van der Waals surface area contributed by atoms with Gasteiger partial charge in [-0.25, -0.2) is 0 Å². The third-order valence-electron chi connectivity index (χ3n) is 6.68. The Hall–Kier alpha value is -5.04. The largest absolute Gasteiger partial charge is 0.494 e. The zero-order valence-corrected chi connectivity index (χ0v) is 21.5. The molecule has 7 heteroatoms. The van der Waals surface area contributed by atoms with Gasteiger partial charge in [-0.2, -0.15) is 0 Å². The second kappa shape index (κ2) is 11.6. The summed E-state index contributed by atoms with van der Waals surface area (Å²) >= 11 is 0. The minimum Gasteiger partial charge on any atom is -0.494 e. The van der Waals surface area contributed by atoms with Crippen LogP contribution in [-0.2, 0) is 17.8 Å². The number of rotatable bonds is 10. The van der Waals surface area contributed by atoms with Crippen molar-refractivity contribution in [2.45, 2.75) is 13.0 Å². The van der Waals surface area contributed by atoms with E-state index < -0.39 is 5.91 Å². The molecular formula is C32H30N4O3. The van der Waals surface area contributed by atoms with Crippen molar-refractivity contribution in [2.24, 2.45) is 0 Å². The van der Waals surface area contributed by atoms with Crippen molar-refractivity contribution in [3.05, 3.63) is 115 Å². The number of aromatic nitrogens is 2. The SMILES string of the molecule is C=CCNC(=O)c1c(-c2ccccc2)c(-c2ccccc2)c(O)n1CC(=O)NCCc1c[nH]c2ccccc12. The van der Waals surface area contributed by atoms with Crippen molar-refractivity contribution in [3.63, 3.8) is 0 Å². The molecule has 0 atom stereocenters.